The number of hydrogen-bond donors (Lipinski definition) is 0. The highest BCUT2D eigenvalue weighted by molar-refractivity contribution is 9.10. The van der Waals surface area contributed by atoms with Crippen molar-refractivity contribution < 1.29 is 4.79 Å². The Morgan fingerprint density at radius 1 is 1.33 bits per heavy atom. The van der Waals surface area contributed by atoms with Crippen LogP contribution in [0.4, 0.5) is 0 Å². The van der Waals surface area contributed by atoms with Crippen LogP contribution in [0.3, 0.4) is 0 Å². The molecule has 5 nitrogen and oxygen atoms in total. The van der Waals surface area contributed by atoms with E-state index >= 15 is 0 Å². The van der Waals surface area contributed by atoms with Crippen molar-refractivity contribution in [2.75, 3.05) is 26.2 Å². The average molecular weight is 447 g/mol. The summed E-state index contributed by atoms with van der Waals surface area (Å²) in [6.45, 7) is 6.98. The number of amides is 1. The van der Waals surface area contributed by atoms with Crippen molar-refractivity contribution in [2.24, 2.45) is 5.92 Å². The van der Waals surface area contributed by atoms with Crippen LogP contribution in [0, 0.1) is 17.2 Å². The molecule has 7 heteroatoms. The third kappa shape index (κ3) is 4.95. The third-order valence-electron chi connectivity index (χ3n) is 4.78. The van der Waals surface area contributed by atoms with E-state index in [-0.39, 0.29) is 11.9 Å². The maximum Gasteiger partial charge on any atom is 0.228 e. The number of nitrogens with zero attached hydrogens (tertiary/aromatic N) is 4. The molecule has 1 fully saturated rings. The summed E-state index contributed by atoms with van der Waals surface area (Å²) in [6, 6.07) is 10.3. The van der Waals surface area contributed by atoms with Gasteiger partial charge in [0.1, 0.15) is 11.0 Å². The van der Waals surface area contributed by atoms with E-state index in [9.17, 15) is 10.1 Å². The first kappa shape index (κ1) is 20.0. The van der Waals surface area contributed by atoms with Gasteiger partial charge in [0.15, 0.2) is 0 Å². The molecule has 0 spiro atoms. The zero-order valence-corrected chi connectivity index (χ0v) is 18.0. The van der Waals surface area contributed by atoms with Gasteiger partial charge in [-0.3, -0.25) is 9.69 Å². The second-order valence-electron chi connectivity index (χ2n) is 7.07. The first-order valence-electron chi connectivity index (χ1n) is 9.09. The van der Waals surface area contributed by atoms with E-state index < -0.39 is 0 Å². The van der Waals surface area contributed by atoms with Crippen molar-refractivity contribution in [2.45, 2.75) is 26.3 Å². The lowest BCUT2D eigenvalue weighted by Crippen LogP contribution is -2.53. The number of thiazole rings is 1. The van der Waals surface area contributed by atoms with E-state index in [4.69, 9.17) is 0 Å². The largest absolute Gasteiger partial charge is 0.340 e. The minimum Gasteiger partial charge on any atom is -0.340 e. The highest BCUT2D eigenvalue weighted by Gasteiger charge is 2.27. The van der Waals surface area contributed by atoms with Gasteiger partial charge in [-0.05, 0) is 18.1 Å². The summed E-state index contributed by atoms with van der Waals surface area (Å²) in [5, 5.41) is 12.2. The molecule has 27 heavy (non-hydrogen) atoms. The first-order chi connectivity index (χ1) is 13.0. The molecule has 1 unspecified atom stereocenters. The summed E-state index contributed by atoms with van der Waals surface area (Å²) in [7, 11) is 0. The SMILES string of the molecule is CC(C)C(C#N)N1CCN(C(=O)Cc2csc(-c3cccc(Br)c3)n2)CC1. The molecular weight excluding hydrogens is 424 g/mol. The number of carbonyl (C=O) groups excluding carboxylic acids is 1. The molecule has 0 saturated carbocycles. The fraction of sp³-hybridized carbons (Fsp3) is 0.450. The monoisotopic (exact) mass is 446 g/mol. The molecule has 2 heterocycles. The molecule has 1 aliphatic rings. The summed E-state index contributed by atoms with van der Waals surface area (Å²) in [4.78, 5) is 21.4. The number of rotatable bonds is 5. The highest BCUT2D eigenvalue weighted by Crippen LogP contribution is 2.26. The molecule has 1 amide bonds. The standard InChI is InChI=1S/C20H23BrN4OS/c1-14(2)18(12-22)24-6-8-25(9-7-24)19(26)11-17-13-27-20(23-17)15-4-3-5-16(21)10-15/h3-5,10,13-14,18H,6-9,11H2,1-2H3. The normalized spacial score (nSPS) is 16.3. The summed E-state index contributed by atoms with van der Waals surface area (Å²) in [5.74, 6) is 0.405. The van der Waals surface area contributed by atoms with Gasteiger partial charge in [0.05, 0.1) is 18.2 Å². The third-order valence-corrected chi connectivity index (χ3v) is 6.21. The van der Waals surface area contributed by atoms with Crippen molar-refractivity contribution in [3.05, 3.63) is 39.8 Å². The highest BCUT2D eigenvalue weighted by atomic mass is 79.9. The quantitative estimate of drug-likeness (QED) is 0.700. The van der Waals surface area contributed by atoms with Crippen molar-refractivity contribution >= 4 is 33.2 Å². The molecule has 2 aromatic rings. The van der Waals surface area contributed by atoms with E-state index in [1.807, 2.05) is 34.5 Å². The second-order valence-corrected chi connectivity index (χ2v) is 8.84. The Labute approximate surface area is 172 Å². The van der Waals surface area contributed by atoms with Crippen LogP contribution < -0.4 is 0 Å². The molecule has 142 valence electrons. The molecule has 1 saturated heterocycles. The number of carbonyl (C=O) groups is 1. The Morgan fingerprint density at radius 3 is 2.70 bits per heavy atom. The molecule has 1 aliphatic heterocycles. The Bertz CT molecular complexity index is 837. The van der Waals surface area contributed by atoms with E-state index in [1.54, 1.807) is 11.3 Å². The lowest BCUT2D eigenvalue weighted by molar-refractivity contribution is -0.132. The van der Waals surface area contributed by atoms with Crippen LogP contribution in [0.2, 0.25) is 0 Å². The molecular formula is C20H23BrN4OS. The smallest absolute Gasteiger partial charge is 0.228 e. The molecule has 3 rings (SSSR count). The van der Waals surface area contributed by atoms with Gasteiger partial charge in [-0.25, -0.2) is 4.98 Å². The fourth-order valence-electron chi connectivity index (χ4n) is 3.31. The average Bonchev–Trinajstić information content (AvgIpc) is 3.11. The predicted octanol–water partition coefficient (Wildman–Crippen LogP) is 3.81. The van der Waals surface area contributed by atoms with Gasteiger partial charge >= 0.3 is 0 Å². The Balaban J connectivity index is 1.57. The van der Waals surface area contributed by atoms with Gasteiger partial charge in [0.25, 0.3) is 0 Å². The summed E-state index contributed by atoms with van der Waals surface area (Å²) < 4.78 is 1.02. The van der Waals surface area contributed by atoms with Crippen LogP contribution >= 0.6 is 27.3 Å². The fourth-order valence-corrected chi connectivity index (χ4v) is 4.53. The van der Waals surface area contributed by atoms with Crippen LogP contribution in [0.15, 0.2) is 34.1 Å². The Morgan fingerprint density at radius 2 is 2.07 bits per heavy atom. The van der Waals surface area contributed by atoms with E-state index in [0.717, 1.165) is 33.8 Å². The van der Waals surface area contributed by atoms with E-state index in [0.29, 0.717) is 25.4 Å². The minimum atomic E-state index is -0.0754. The first-order valence-corrected chi connectivity index (χ1v) is 10.8. The van der Waals surface area contributed by atoms with Gasteiger partial charge in [0, 0.05) is 41.6 Å². The van der Waals surface area contributed by atoms with Gasteiger partial charge in [-0.1, -0.05) is 41.9 Å². The number of halogens is 1. The lowest BCUT2D eigenvalue weighted by atomic mass is 10.0. The van der Waals surface area contributed by atoms with Crippen LogP contribution in [0.1, 0.15) is 19.5 Å². The molecule has 1 aromatic heterocycles. The van der Waals surface area contributed by atoms with Crippen molar-refractivity contribution in [1.82, 2.24) is 14.8 Å². The second kappa shape index (κ2) is 8.96. The number of hydrogen-bond acceptors (Lipinski definition) is 5. The number of benzene rings is 1. The van der Waals surface area contributed by atoms with Gasteiger partial charge in [-0.2, -0.15) is 5.26 Å². The molecule has 1 atom stereocenters. The van der Waals surface area contributed by atoms with Crippen molar-refractivity contribution in [3.8, 4) is 16.6 Å². The minimum absolute atomic E-state index is 0.0754. The van der Waals surface area contributed by atoms with Crippen molar-refractivity contribution in [3.63, 3.8) is 0 Å². The molecule has 0 N–H and O–H groups in total. The number of aromatic nitrogens is 1. The van der Waals surface area contributed by atoms with E-state index in [1.165, 1.54) is 0 Å². The lowest BCUT2D eigenvalue weighted by Gasteiger charge is -2.38. The number of piperazine rings is 1. The molecule has 0 aliphatic carbocycles. The summed E-state index contributed by atoms with van der Waals surface area (Å²) in [5.41, 5.74) is 1.87. The molecule has 0 bridgehead atoms. The van der Waals surface area contributed by atoms with Crippen LogP contribution in [0.25, 0.3) is 10.6 Å². The topological polar surface area (TPSA) is 60.2 Å². The van der Waals surface area contributed by atoms with Gasteiger partial charge in [-0.15, -0.1) is 11.3 Å². The molecule has 1 aromatic carbocycles. The van der Waals surface area contributed by atoms with E-state index in [2.05, 4.69) is 45.7 Å². The van der Waals surface area contributed by atoms with Crippen LogP contribution in [-0.2, 0) is 11.2 Å². The van der Waals surface area contributed by atoms with Crippen LogP contribution in [-0.4, -0.2) is 52.9 Å². The van der Waals surface area contributed by atoms with Crippen LogP contribution in [0.5, 0.6) is 0 Å². The zero-order valence-electron chi connectivity index (χ0n) is 15.6. The number of nitriles is 1. The van der Waals surface area contributed by atoms with Gasteiger partial charge in [0.2, 0.25) is 5.91 Å². The predicted molar refractivity (Wildman–Crippen MR) is 111 cm³/mol. The summed E-state index contributed by atoms with van der Waals surface area (Å²) in [6.07, 6.45) is 0.330. The maximum atomic E-state index is 12.6. The Hall–Kier alpha value is -1.75. The Kier molecular flexibility index (Phi) is 6.64. The summed E-state index contributed by atoms with van der Waals surface area (Å²) >= 11 is 5.04. The van der Waals surface area contributed by atoms with Gasteiger partial charge < -0.3 is 4.90 Å². The molecule has 0 radical (unpaired) electrons. The zero-order chi connectivity index (χ0) is 19.4. The van der Waals surface area contributed by atoms with Crippen molar-refractivity contribution in [1.29, 1.82) is 5.26 Å². The maximum absolute atomic E-state index is 12.6.